The number of nitrogens with zero attached hydrogens (tertiary/aromatic N) is 2. The second-order valence-corrected chi connectivity index (χ2v) is 4.52. The number of rotatable bonds is 1. The molecule has 2 aliphatic heterocycles. The Morgan fingerprint density at radius 1 is 1.32 bits per heavy atom. The second kappa shape index (κ2) is 4.38. The van der Waals surface area contributed by atoms with E-state index in [0.29, 0.717) is 18.6 Å². The minimum absolute atomic E-state index is 0.0693. The van der Waals surface area contributed by atoms with Gasteiger partial charge in [-0.15, -0.1) is 0 Å². The molecular formula is C13H13N3O3. The van der Waals surface area contributed by atoms with E-state index in [-0.39, 0.29) is 18.4 Å². The van der Waals surface area contributed by atoms with Crippen molar-refractivity contribution in [3.8, 4) is 5.75 Å². The van der Waals surface area contributed by atoms with Gasteiger partial charge in [0.25, 0.3) is 5.91 Å². The molecular weight excluding hydrogens is 246 g/mol. The Morgan fingerprint density at radius 2 is 2.16 bits per heavy atom. The standard InChI is InChI=1S/C13H13N3O3/c1-16-10-6-8(9-3-5-12(17)15-14-9)2-4-11(10)19-7-13(16)18/h2,4,6H,3,5,7H2,1H3,(H,15,17). The van der Waals surface area contributed by atoms with Crippen molar-refractivity contribution in [2.45, 2.75) is 12.8 Å². The minimum Gasteiger partial charge on any atom is -0.482 e. The molecule has 19 heavy (non-hydrogen) atoms. The van der Waals surface area contributed by atoms with Crippen LogP contribution < -0.4 is 15.1 Å². The summed E-state index contributed by atoms with van der Waals surface area (Å²) >= 11 is 0. The number of nitrogens with one attached hydrogen (secondary N) is 1. The zero-order valence-corrected chi connectivity index (χ0v) is 10.5. The highest BCUT2D eigenvalue weighted by Crippen LogP contribution is 2.32. The van der Waals surface area contributed by atoms with E-state index in [4.69, 9.17) is 4.74 Å². The smallest absolute Gasteiger partial charge is 0.264 e. The van der Waals surface area contributed by atoms with Crippen molar-refractivity contribution in [3.05, 3.63) is 23.8 Å². The number of hydrogen-bond donors (Lipinski definition) is 1. The third-order valence-electron chi connectivity index (χ3n) is 3.28. The predicted octanol–water partition coefficient (Wildman–Crippen LogP) is 0.656. The molecule has 0 radical (unpaired) electrons. The first kappa shape index (κ1) is 11.7. The number of carbonyl (C=O) groups is 2. The maximum Gasteiger partial charge on any atom is 0.264 e. The van der Waals surface area contributed by atoms with Crippen LogP contribution in [0.5, 0.6) is 5.75 Å². The number of benzene rings is 1. The molecule has 0 unspecified atom stereocenters. The number of anilines is 1. The van der Waals surface area contributed by atoms with Crippen molar-refractivity contribution in [2.75, 3.05) is 18.6 Å². The Labute approximate surface area is 110 Å². The lowest BCUT2D eigenvalue weighted by atomic mass is 10.0. The molecule has 0 fully saturated rings. The highest BCUT2D eigenvalue weighted by molar-refractivity contribution is 6.06. The summed E-state index contributed by atoms with van der Waals surface area (Å²) < 4.78 is 5.36. The summed E-state index contributed by atoms with van der Waals surface area (Å²) in [5, 5.41) is 4.05. The molecule has 1 N–H and O–H groups in total. The van der Waals surface area contributed by atoms with Crippen LogP contribution in [0.2, 0.25) is 0 Å². The number of ether oxygens (including phenoxy) is 1. The lowest BCUT2D eigenvalue weighted by Gasteiger charge is -2.26. The quantitative estimate of drug-likeness (QED) is 0.805. The van der Waals surface area contributed by atoms with E-state index in [9.17, 15) is 9.59 Å². The lowest BCUT2D eigenvalue weighted by Crippen LogP contribution is -2.35. The minimum atomic E-state index is -0.0801. The predicted molar refractivity (Wildman–Crippen MR) is 69.3 cm³/mol. The number of hydrogen-bond acceptors (Lipinski definition) is 4. The third-order valence-corrected chi connectivity index (χ3v) is 3.28. The van der Waals surface area contributed by atoms with Gasteiger partial charge in [-0.05, 0) is 18.2 Å². The van der Waals surface area contributed by atoms with Crippen molar-refractivity contribution in [3.63, 3.8) is 0 Å². The molecule has 6 nitrogen and oxygen atoms in total. The molecule has 0 spiro atoms. The number of amides is 2. The molecule has 0 saturated heterocycles. The lowest BCUT2D eigenvalue weighted by molar-refractivity contribution is -0.121. The van der Waals surface area contributed by atoms with Crippen LogP contribution in [0.3, 0.4) is 0 Å². The normalized spacial score (nSPS) is 18.4. The molecule has 2 aliphatic rings. The molecule has 1 aromatic carbocycles. The molecule has 0 bridgehead atoms. The van der Waals surface area contributed by atoms with Crippen molar-refractivity contribution >= 4 is 23.2 Å². The molecule has 2 amide bonds. The van der Waals surface area contributed by atoms with Crippen LogP contribution in [-0.2, 0) is 9.59 Å². The first-order valence-corrected chi connectivity index (χ1v) is 6.04. The van der Waals surface area contributed by atoms with Gasteiger partial charge in [0.1, 0.15) is 5.75 Å². The fraction of sp³-hybridized carbons (Fsp3) is 0.308. The second-order valence-electron chi connectivity index (χ2n) is 4.52. The highest BCUT2D eigenvalue weighted by Gasteiger charge is 2.23. The Morgan fingerprint density at radius 3 is 2.89 bits per heavy atom. The third kappa shape index (κ3) is 2.05. The van der Waals surface area contributed by atoms with E-state index < -0.39 is 0 Å². The van der Waals surface area contributed by atoms with E-state index >= 15 is 0 Å². The fourth-order valence-corrected chi connectivity index (χ4v) is 2.13. The topological polar surface area (TPSA) is 71.0 Å². The van der Waals surface area contributed by atoms with Crippen molar-refractivity contribution in [1.29, 1.82) is 0 Å². The first-order valence-electron chi connectivity index (χ1n) is 6.04. The molecule has 1 aromatic rings. The van der Waals surface area contributed by atoms with Crippen LogP contribution in [0.15, 0.2) is 23.3 Å². The van der Waals surface area contributed by atoms with Gasteiger partial charge in [-0.3, -0.25) is 9.59 Å². The number of fused-ring (bicyclic) bond motifs is 1. The summed E-state index contributed by atoms with van der Waals surface area (Å²) in [6, 6.07) is 5.58. The summed E-state index contributed by atoms with van der Waals surface area (Å²) in [7, 11) is 1.72. The fourth-order valence-electron chi connectivity index (χ4n) is 2.13. The number of hydrazone groups is 1. The summed E-state index contributed by atoms with van der Waals surface area (Å²) in [6.07, 6.45) is 1.03. The molecule has 98 valence electrons. The van der Waals surface area contributed by atoms with Crippen LogP contribution >= 0.6 is 0 Å². The molecule has 0 atom stereocenters. The van der Waals surface area contributed by atoms with Gasteiger partial charge in [-0.25, -0.2) is 5.43 Å². The Hall–Kier alpha value is -2.37. The average molecular weight is 259 g/mol. The molecule has 6 heteroatoms. The molecule has 2 heterocycles. The first-order chi connectivity index (χ1) is 9.15. The summed E-state index contributed by atoms with van der Waals surface area (Å²) in [5.74, 6) is 0.534. The molecule has 0 aromatic heterocycles. The van der Waals surface area contributed by atoms with E-state index in [2.05, 4.69) is 10.5 Å². The van der Waals surface area contributed by atoms with E-state index in [0.717, 1.165) is 17.0 Å². The van der Waals surface area contributed by atoms with E-state index in [1.807, 2.05) is 18.2 Å². The van der Waals surface area contributed by atoms with E-state index in [1.165, 1.54) is 0 Å². The Kier molecular flexibility index (Phi) is 2.70. The van der Waals surface area contributed by atoms with E-state index in [1.54, 1.807) is 11.9 Å². The number of carbonyl (C=O) groups excluding carboxylic acids is 2. The van der Waals surface area contributed by atoms with Crippen molar-refractivity contribution < 1.29 is 14.3 Å². The maximum atomic E-state index is 11.6. The van der Waals surface area contributed by atoms with Crippen molar-refractivity contribution in [1.82, 2.24) is 5.43 Å². The highest BCUT2D eigenvalue weighted by atomic mass is 16.5. The number of likely N-dealkylation sites (N-methyl/N-ethyl adjacent to an activating group) is 1. The summed E-state index contributed by atoms with van der Waals surface area (Å²) in [6.45, 7) is 0.0693. The Balaban J connectivity index is 1.97. The maximum absolute atomic E-state index is 11.6. The Bertz CT molecular complexity index is 595. The van der Waals surface area contributed by atoms with Gasteiger partial charge in [-0.2, -0.15) is 5.10 Å². The molecule has 0 aliphatic carbocycles. The molecule has 3 rings (SSSR count). The van der Waals surface area contributed by atoms with Crippen LogP contribution in [-0.4, -0.2) is 31.2 Å². The van der Waals surface area contributed by atoms with Gasteiger partial charge in [0, 0.05) is 25.5 Å². The summed E-state index contributed by atoms with van der Waals surface area (Å²) in [4.78, 5) is 24.3. The van der Waals surface area contributed by atoms with Crippen LogP contribution in [0, 0.1) is 0 Å². The summed E-state index contributed by atoms with van der Waals surface area (Å²) in [5.41, 5.74) is 4.90. The zero-order valence-electron chi connectivity index (χ0n) is 10.5. The van der Waals surface area contributed by atoms with Gasteiger partial charge < -0.3 is 9.64 Å². The van der Waals surface area contributed by atoms with Gasteiger partial charge in [0.2, 0.25) is 5.91 Å². The van der Waals surface area contributed by atoms with Gasteiger partial charge >= 0.3 is 0 Å². The molecule has 0 saturated carbocycles. The average Bonchev–Trinajstić information content (AvgIpc) is 2.44. The zero-order chi connectivity index (χ0) is 13.4. The van der Waals surface area contributed by atoms with Gasteiger partial charge in [-0.1, -0.05) is 0 Å². The van der Waals surface area contributed by atoms with Gasteiger partial charge in [0.05, 0.1) is 11.4 Å². The van der Waals surface area contributed by atoms with Gasteiger partial charge in [0.15, 0.2) is 6.61 Å². The van der Waals surface area contributed by atoms with Crippen molar-refractivity contribution in [2.24, 2.45) is 5.10 Å². The van der Waals surface area contributed by atoms with Crippen LogP contribution in [0.1, 0.15) is 18.4 Å². The van der Waals surface area contributed by atoms with Crippen LogP contribution in [0.4, 0.5) is 5.69 Å². The largest absolute Gasteiger partial charge is 0.482 e. The van der Waals surface area contributed by atoms with Crippen LogP contribution in [0.25, 0.3) is 0 Å². The SMILES string of the molecule is CN1C(=O)COc2ccc(C3=NNC(=O)CC3)cc21. The monoisotopic (exact) mass is 259 g/mol.